The fourth-order valence-corrected chi connectivity index (χ4v) is 5.46. The van der Waals surface area contributed by atoms with Gasteiger partial charge in [-0.3, -0.25) is 4.79 Å². The fourth-order valence-electron chi connectivity index (χ4n) is 3.88. The minimum Gasteiger partial charge on any atom is -0.465 e. The van der Waals surface area contributed by atoms with E-state index in [1.54, 1.807) is 18.2 Å². The highest BCUT2D eigenvalue weighted by atomic mass is 32.2. The summed E-state index contributed by atoms with van der Waals surface area (Å²) in [5.41, 5.74) is 2.80. The van der Waals surface area contributed by atoms with Crippen LogP contribution in [-0.4, -0.2) is 50.6 Å². The average Bonchev–Trinajstić information content (AvgIpc) is 2.80. The molecule has 1 amide bonds. The summed E-state index contributed by atoms with van der Waals surface area (Å²) in [6.45, 7) is 2.45. The number of ether oxygens (including phenoxy) is 1. The Kier molecular flexibility index (Phi) is 8.04. The molecule has 0 spiro atoms. The van der Waals surface area contributed by atoms with E-state index < -0.39 is 21.9 Å². The molecule has 2 aromatic rings. The number of hydrogen-bond donors (Lipinski definition) is 1. The summed E-state index contributed by atoms with van der Waals surface area (Å²) in [4.78, 5) is 24.7. The highest BCUT2D eigenvalue weighted by Crippen LogP contribution is 2.24. The Morgan fingerprint density at radius 3 is 2.62 bits per heavy atom. The van der Waals surface area contributed by atoms with E-state index in [4.69, 9.17) is 4.74 Å². The van der Waals surface area contributed by atoms with E-state index in [1.807, 2.05) is 37.3 Å². The van der Waals surface area contributed by atoms with Crippen LogP contribution < -0.4 is 5.32 Å². The monoisotopic (exact) mass is 458 g/mol. The number of amides is 1. The normalized spacial score (nSPS) is 17.0. The number of rotatable bonds is 8. The number of aryl methyl sites for hydroxylation is 2. The molecule has 1 aliphatic rings. The second-order valence-corrected chi connectivity index (χ2v) is 10.2. The van der Waals surface area contributed by atoms with Crippen LogP contribution in [-0.2, 0) is 26.0 Å². The predicted octanol–water partition coefficient (Wildman–Crippen LogP) is 3.39. The first-order chi connectivity index (χ1) is 15.3. The lowest BCUT2D eigenvalue weighted by Gasteiger charge is -2.31. The first-order valence-electron chi connectivity index (χ1n) is 10.8. The van der Waals surface area contributed by atoms with E-state index in [-0.39, 0.29) is 18.2 Å². The van der Waals surface area contributed by atoms with Crippen LogP contribution in [0.4, 0.5) is 5.69 Å². The molecule has 8 heteroatoms. The first kappa shape index (κ1) is 23.9. The van der Waals surface area contributed by atoms with E-state index in [2.05, 4.69) is 5.32 Å². The molecule has 0 unspecified atom stereocenters. The van der Waals surface area contributed by atoms with Crippen molar-refractivity contribution in [2.45, 2.75) is 32.6 Å². The average molecular weight is 459 g/mol. The van der Waals surface area contributed by atoms with Gasteiger partial charge in [-0.15, -0.1) is 0 Å². The third kappa shape index (κ3) is 6.17. The van der Waals surface area contributed by atoms with Gasteiger partial charge in [-0.25, -0.2) is 17.5 Å². The number of carbonyl (C=O) groups excluding carboxylic acids is 2. The van der Waals surface area contributed by atoms with Gasteiger partial charge in [-0.2, -0.15) is 0 Å². The summed E-state index contributed by atoms with van der Waals surface area (Å²) in [7, 11) is -2.13. The standard InChI is InChI=1S/C24H30N2O5S/c1-18-12-13-20(24(28)31-2)16-22(18)25-23(27)21-11-6-14-26(17-21)32(29,30)15-7-10-19-8-4-3-5-9-19/h3-5,8-9,12-13,16,21H,6-7,10-11,14-15,17H2,1-2H3,(H,25,27)/t21-/m0/s1. The Labute approximate surface area is 189 Å². The molecular weight excluding hydrogens is 428 g/mol. The lowest BCUT2D eigenvalue weighted by atomic mass is 9.98. The largest absolute Gasteiger partial charge is 0.465 e. The number of carbonyl (C=O) groups is 2. The molecule has 32 heavy (non-hydrogen) atoms. The molecule has 3 rings (SSSR count). The smallest absolute Gasteiger partial charge is 0.337 e. The maximum Gasteiger partial charge on any atom is 0.337 e. The number of benzene rings is 2. The minimum atomic E-state index is -3.43. The Morgan fingerprint density at radius 2 is 1.91 bits per heavy atom. The van der Waals surface area contributed by atoms with Gasteiger partial charge >= 0.3 is 5.97 Å². The second-order valence-electron chi connectivity index (χ2n) is 8.11. The van der Waals surface area contributed by atoms with E-state index in [1.165, 1.54) is 11.4 Å². The molecule has 1 atom stereocenters. The lowest BCUT2D eigenvalue weighted by Crippen LogP contribution is -2.44. The molecule has 0 bridgehead atoms. The molecule has 1 N–H and O–H groups in total. The molecule has 0 aromatic heterocycles. The van der Waals surface area contributed by atoms with Crippen LogP contribution in [0, 0.1) is 12.8 Å². The van der Waals surface area contributed by atoms with Crippen molar-refractivity contribution in [2.75, 3.05) is 31.3 Å². The van der Waals surface area contributed by atoms with Crippen molar-refractivity contribution in [2.24, 2.45) is 5.92 Å². The summed E-state index contributed by atoms with van der Waals surface area (Å²) < 4.78 is 31.9. The molecule has 1 aliphatic heterocycles. The van der Waals surface area contributed by atoms with Crippen molar-refractivity contribution >= 4 is 27.6 Å². The number of nitrogens with zero attached hydrogens (tertiary/aromatic N) is 1. The van der Waals surface area contributed by atoms with Gasteiger partial charge in [-0.1, -0.05) is 36.4 Å². The summed E-state index contributed by atoms with van der Waals surface area (Å²) in [5, 5.41) is 2.87. The van der Waals surface area contributed by atoms with Crippen LogP contribution in [0.1, 0.15) is 40.7 Å². The number of hydrogen-bond acceptors (Lipinski definition) is 5. The quantitative estimate of drug-likeness (QED) is 0.612. The Morgan fingerprint density at radius 1 is 1.16 bits per heavy atom. The van der Waals surface area contributed by atoms with Crippen LogP contribution in [0.25, 0.3) is 0 Å². The molecule has 0 saturated carbocycles. The van der Waals surface area contributed by atoms with Crippen LogP contribution >= 0.6 is 0 Å². The highest BCUT2D eigenvalue weighted by molar-refractivity contribution is 7.89. The number of methoxy groups -OCH3 is 1. The number of piperidine rings is 1. The molecule has 0 aliphatic carbocycles. The summed E-state index contributed by atoms with van der Waals surface area (Å²) in [6.07, 6.45) is 2.50. The van der Waals surface area contributed by atoms with Gasteiger partial charge in [0.1, 0.15) is 0 Å². The Bertz CT molecular complexity index is 1050. The third-order valence-electron chi connectivity index (χ3n) is 5.78. The van der Waals surface area contributed by atoms with Crippen LogP contribution in [0.5, 0.6) is 0 Å². The van der Waals surface area contributed by atoms with Gasteiger partial charge in [0.05, 0.1) is 24.3 Å². The summed E-state index contributed by atoms with van der Waals surface area (Å²) in [6, 6.07) is 14.8. The van der Waals surface area contributed by atoms with Gasteiger partial charge in [-0.05, 0) is 55.9 Å². The van der Waals surface area contributed by atoms with Crippen LogP contribution in [0.2, 0.25) is 0 Å². The molecule has 1 saturated heterocycles. The maximum atomic E-state index is 12.9. The van der Waals surface area contributed by atoms with Crippen LogP contribution in [0.3, 0.4) is 0 Å². The van der Waals surface area contributed by atoms with Crippen molar-refractivity contribution < 1.29 is 22.7 Å². The lowest BCUT2D eigenvalue weighted by molar-refractivity contribution is -0.120. The predicted molar refractivity (Wildman–Crippen MR) is 124 cm³/mol. The van der Waals surface area contributed by atoms with Crippen molar-refractivity contribution in [3.8, 4) is 0 Å². The van der Waals surface area contributed by atoms with Gasteiger partial charge < -0.3 is 10.1 Å². The number of anilines is 1. The van der Waals surface area contributed by atoms with Crippen molar-refractivity contribution in [1.29, 1.82) is 0 Å². The van der Waals surface area contributed by atoms with Gasteiger partial charge in [0.25, 0.3) is 0 Å². The van der Waals surface area contributed by atoms with Crippen molar-refractivity contribution in [3.63, 3.8) is 0 Å². The molecular formula is C24H30N2O5S. The van der Waals surface area contributed by atoms with Gasteiger partial charge in [0.15, 0.2) is 0 Å². The SMILES string of the molecule is COC(=O)c1ccc(C)c(NC(=O)[C@H]2CCCN(S(=O)(=O)CCCc3ccccc3)C2)c1. The summed E-state index contributed by atoms with van der Waals surface area (Å²) in [5.74, 6) is -1.09. The molecule has 7 nitrogen and oxygen atoms in total. The first-order valence-corrected chi connectivity index (χ1v) is 12.4. The number of esters is 1. The Hall–Kier alpha value is -2.71. The zero-order valence-corrected chi connectivity index (χ0v) is 19.4. The van der Waals surface area contributed by atoms with Crippen molar-refractivity contribution in [1.82, 2.24) is 4.31 Å². The fraction of sp³-hybridized carbons (Fsp3) is 0.417. The molecule has 0 radical (unpaired) electrons. The molecule has 1 fully saturated rings. The van der Waals surface area contributed by atoms with E-state index >= 15 is 0 Å². The van der Waals surface area contributed by atoms with Gasteiger partial charge in [0, 0.05) is 18.8 Å². The molecule has 2 aromatic carbocycles. The second kappa shape index (κ2) is 10.7. The molecule has 1 heterocycles. The zero-order valence-electron chi connectivity index (χ0n) is 18.5. The number of sulfonamides is 1. The minimum absolute atomic E-state index is 0.0660. The zero-order chi connectivity index (χ0) is 23.1. The van der Waals surface area contributed by atoms with E-state index in [0.717, 1.165) is 11.1 Å². The molecule has 172 valence electrons. The highest BCUT2D eigenvalue weighted by Gasteiger charge is 2.32. The van der Waals surface area contributed by atoms with E-state index in [9.17, 15) is 18.0 Å². The van der Waals surface area contributed by atoms with Crippen LogP contribution in [0.15, 0.2) is 48.5 Å². The summed E-state index contributed by atoms with van der Waals surface area (Å²) >= 11 is 0. The maximum absolute atomic E-state index is 12.9. The topological polar surface area (TPSA) is 92.8 Å². The third-order valence-corrected chi connectivity index (χ3v) is 7.70. The number of nitrogens with one attached hydrogen (secondary N) is 1. The van der Waals surface area contributed by atoms with Crippen molar-refractivity contribution in [3.05, 3.63) is 65.2 Å². The Balaban J connectivity index is 1.60. The van der Waals surface area contributed by atoms with E-state index in [0.29, 0.717) is 43.5 Å². The van der Waals surface area contributed by atoms with Gasteiger partial charge in [0.2, 0.25) is 15.9 Å².